The Morgan fingerprint density at radius 2 is 1.28 bits per heavy atom. The lowest BCUT2D eigenvalue weighted by Gasteiger charge is -2.27. The number of halogens is 5. The molecular weight excluding hydrogens is 429 g/mol. The summed E-state index contributed by atoms with van der Waals surface area (Å²) >= 11 is 8.49. The summed E-state index contributed by atoms with van der Waals surface area (Å²) in [5, 5.41) is -2.93. The van der Waals surface area contributed by atoms with Crippen molar-refractivity contribution in [1.29, 1.82) is 0 Å². The highest BCUT2D eigenvalue weighted by Crippen LogP contribution is 2.34. The van der Waals surface area contributed by atoms with Crippen molar-refractivity contribution in [2.24, 2.45) is 0 Å². The van der Waals surface area contributed by atoms with Gasteiger partial charge < -0.3 is 0 Å². The lowest BCUT2D eigenvalue weighted by Crippen LogP contribution is -2.65. The first kappa shape index (κ1) is 18.2. The fourth-order valence-electron chi connectivity index (χ4n) is 2.86. The summed E-state index contributed by atoms with van der Waals surface area (Å²) in [5.41, 5.74) is -0.509. The molecule has 3 aromatic carbocycles. The van der Waals surface area contributed by atoms with Crippen LogP contribution in [0.4, 0.5) is 12.9 Å². The average Bonchev–Trinajstić information content (AvgIpc) is 2.62. The Balaban J connectivity index is 2.35. The molecule has 0 saturated heterocycles. The molecule has 0 saturated carbocycles. The maximum atomic E-state index is 16.6. The van der Waals surface area contributed by atoms with Crippen LogP contribution in [0.15, 0.2) is 83.3 Å². The van der Waals surface area contributed by atoms with Crippen molar-refractivity contribution in [3.63, 3.8) is 0 Å². The second-order valence-electron chi connectivity index (χ2n) is 5.58. The van der Waals surface area contributed by atoms with Gasteiger partial charge in [-0.15, -0.1) is 0 Å². The minimum absolute atomic E-state index is 0.0481. The lowest BCUT2D eigenvalue weighted by atomic mass is 10.2. The molecule has 6 heteroatoms. The molecule has 0 radical (unpaired) electrons. The van der Waals surface area contributed by atoms with Crippen LogP contribution in [0.2, 0.25) is 0 Å². The molecule has 0 heterocycles. The number of benzene rings is 3. The van der Waals surface area contributed by atoms with Crippen molar-refractivity contribution in [2.75, 3.05) is 0 Å². The highest BCUT2D eigenvalue weighted by Gasteiger charge is 2.46. The van der Waals surface area contributed by atoms with Gasteiger partial charge in [-0.2, -0.15) is 8.78 Å². The quantitative estimate of drug-likeness (QED) is 0.239. The van der Waals surface area contributed by atoms with Gasteiger partial charge in [0.1, 0.15) is 0 Å². The van der Waals surface area contributed by atoms with Crippen LogP contribution in [-0.2, 0) is 5.38 Å². The monoisotopic (exact) mass is 440 g/mol. The van der Waals surface area contributed by atoms with Crippen molar-refractivity contribution < 1.29 is 12.9 Å². The second-order valence-corrected chi connectivity index (χ2v) is 9.98. The molecule has 128 valence electrons. The first-order valence-electron chi connectivity index (χ1n) is 7.50. The van der Waals surface area contributed by atoms with Gasteiger partial charge in [-0.25, -0.2) is 0 Å². The van der Waals surface area contributed by atoms with Crippen molar-refractivity contribution in [1.82, 2.24) is 0 Å². The van der Waals surface area contributed by atoms with Crippen molar-refractivity contribution in [2.45, 2.75) is 5.38 Å². The predicted octanol–water partition coefficient (Wildman–Crippen LogP) is 4.67. The van der Waals surface area contributed by atoms with Crippen LogP contribution in [0, 0.1) is 0 Å². The van der Waals surface area contributed by atoms with E-state index in [0.717, 1.165) is 0 Å². The maximum absolute atomic E-state index is 16.6. The Bertz CT molecular complexity index is 827. The molecule has 0 spiro atoms. The van der Waals surface area contributed by atoms with Crippen molar-refractivity contribution in [3.05, 3.63) is 88.9 Å². The van der Waals surface area contributed by atoms with Gasteiger partial charge in [0.05, 0.1) is 0 Å². The highest BCUT2D eigenvalue weighted by atomic mass is 79.9. The summed E-state index contributed by atoms with van der Waals surface area (Å²) in [4.78, 5) is 0. The zero-order chi connectivity index (χ0) is 18.1. The molecule has 0 bridgehead atoms. The van der Waals surface area contributed by atoms with E-state index in [9.17, 15) is 8.78 Å². The van der Waals surface area contributed by atoms with Gasteiger partial charge in [0, 0.05) is 10.0 Å². The van der Waals surface area contributed by atoms with Crippen LogP contribution in [0.3, 0.4) is 0 Å². The molecule has 0 aliphatic rings. The standard InChI is InChI=1S/C19H13BrClF3Si/c20-14-11-12-18(17(13-14)19(21,22)23)25(24,15-7-3-1-4-8-15)16-9-5-2-6-10-16/h1-13H. The van der Waals surface area contributed by atoms with Crippen molar-refractivity contribution in [3.8, 4) is 0 Å². The number of hydrogen-bond donors (Lipinski definition) is 0. The van der Waals surface area contributed by atoms with Gasteiger partial charge in [-0.3, -0.25) is 4.11 Å². The van der Waals surface area contributed by atoms with Gasteiger partial charge in [0.15, 0.2) is 0 Å². The molecule has 0 unspecified atom stereocenters. The van der Waals surface area contributed by atoms with E-state index in [1.807, 2.05) is 0 Å². The largest absolute Gasteiger partial charge is 0.348 e. The van der Waals surface area contributed by atoms with E-state index in [1.165, 1.54) is 12.1 Å². The molecule has 0 nitrogen and oxygen atoms in total. The Hall–Kier alpha value is -1.56. The van der Waals surface area contributed by atoms with E-state index in [4.69, 9.17) is 11.6 Å². The van der Waals surface area contributed by atoms with Crippen LogP contribution < -0.4 is 15.6 Å². The fourth-order valence-corrected chi connectivity index (χ4v) is 6.63. The molecular formula is C19H13BrClF3Si. The van der Waals surface area contributed by atoms with Crippen LogP contribution in [0.1, 0.15) is 5.56 Å². The summed E-state index contributed by atoms with van der Waals surface area (Å²) < 4.78 is 45.2. The van der Waals surface area contributed by atoms with Gasteiger partial charge in [0.2, 0.25) is 0 Å². The third-order valence-corrected chi connectivity index (χ3v) is 8.13. The predicted molar refractivity (Wildman–Crippen MR) is 103 cm³/mol. The molecule has 0 aliphatic carbocycles. The van der Waals surface area contributed by atoms with Crippen LogP contribution in [0.25, 0.3) is 0 Å². The summed E-state index contributed by atoms with van der Waals surface area (Å²) in [5.74, 6) is 0. The van der Waals surface area contributed by atoms with E-state index in [2.05, 4.69) is 15.9 Å². The number of rotatable bonds is 4. The third-order valence-electron chi connectivity index (χ3n) is 4.00. The molecule has 3 aromatic rings. The van der Waals surface area contributed by atoms with E-state index in [1.54, 1.807) is 66.7 Å². The number of alkyl halides is 3. The third kappa shape index (κ3) is 3.54. The first-order valence-corrected chi connectivity index (χ1v) is 10.6. The van der Waals surface area contributed by atoms with Crippen molar-refractivity contribution >= 4 is 51.5 Å². The SMILES string of the molecule is FC(F)(Cl)c1cc(Br)ccc1[Si](F)(c1ccccc1)c1ccccc1. The Kier molecular flexibility index (Phi) is 5.09. The fraction of sp³-hybridized carbons (Fsp3) is 0.0526. The summed E-state index contributed by atoms with van der Waals surface area (Å²) in [6.07, 6.45) is 0. The van der Waals surface area contributed by atoms with E-state index in [0.29, 0.717) is 14.8 Å². The Labute approximate surface area is 158 Å². The Morgan fingerprint density at radius 1 is 0.800 bits per heavy atom. The normalized spacial score (nSPS) is 12.2. The van der Waals surface area contributed by atoms with E-state index in [-0.39, 0.29) is 5.19 Å². The van der Waals surface area contributed by atoms with Gasteiger partial charge >= 0.3 is 13.8 Å². The number of hydrogen-bond acceptors (Lipinski definition) is 0. The maximum Gasteiger partial charge on any atom is 0.348 e. The Morgan fingerprint density at radius 3 is 1.72 bits per heavy atom. The highest BCUT2D eigenvalue weighted by molar-refractivity contribution is 9.10. The molecule has 25 heavy (non-hydrogen) atoms. The summed E-state index contributed by atoms with van der Waals surface area (Å²) in [6.45, 7) is 0. The zero-order valence-corrected chi connectivity index (χ0v) is 16.2. The first-order chi connectivity index (χ1) is 11.8. The van der Waals surface area contributed by atoms with Crippen LogP contribution in [0.5, 0.6) is 0 Å². The zero-order valence-electron chi connectivity index (χ0n) is 12.9. The molecule has 0 N–H and O–H groups in total. The molecule has 0 aromatic heterocycles. The molecule has 0 atom stereocenters. The average molecular weight is 442 g/mol. The minimum Gasteiger partial charge on any atom is -0.296 e. The molecule has 3 rings (SSSR count). The topological polar surface area (TPSA) is 0 Å². The molecule has 0 aliphatic heterocycles. The second kappa shape index (κ2) is 6.98. The minimum atomic E-state index is -4.14. The molecule has 0 fully saturated rings. The van der Waals surface area contributed by atoms with E-state index >= 15 is 4.11 Å². The van der Waals surface area contributed by atoms with Crippen LogP contribution >= 0.6 is 27.5 Å². The van der Waals surface area contributed by atoms with E-state index < -0.39 is 19.4 Å². The summed E-state index contributed by atoms with van der Waals surface area (Å²) in [7, 11) is -4.14. The van der Waals surface area contributed by atoms with Crippen LogP contribution in [-0.4, -0.2) is 8.41 Å². The van der Waals surface area contributed by atoms with Gasteiger partial charge in [0.25, 0.3) is 0 Å². The molecule has 0 amide bonds. The summed E-state index contributed by atoms with van der Waals surface area (Å²) in [6, 6.07) is 21.1. The van der Waals surface area contributed by atoms with Gasteiger partial charge in [-0.05, 0) is 39.3 Å². The lowest BCUT2D eigenvalue weighted by molar-refractivity contribution is 0.0961. The van der Waals surface area contributed by atoms with Gasteiger partial charge in [-0.1, -0.05) is 82.7 Å². The smallest absolute Gasteiger partial charge is 0.296 e.